The number of ether oxygens (including phenoxy) is 2. The maximum absolute atomic E-state index is 13.3. The molecule has 55 heavy (non-hydrogen) atoms. The molecule has 0 aliphatic carbocycles. The van der Waals surface area contributed by atoms with E-state index in [2.05, 4.69) is 39.8 Å². The third-order valence-electron chi connectivity index (χ3n) is 9.98. The minimum Gasteiger partial charge on any atom is -0.475 e. The Kier molecular flexibility index (Phi) is 17.2. The second kappa shape index (κ2) is 21.7. The number of carbonyl (C=O) groups is 3. The lowest BCUT2D eigenvalue weighted by atomic mass is 10.0. The molecule has 0 spiro atoms. The van der Waals surface area contributed by atoms with Crippen molar-refractivity contribution < 1.29 is 42.1 Å². The largest absolute Gasteiger partial charge is 0.490 e. The molecule has 0 radical (unpaired) electrons. The number of hydrogen-bond acceptors (Lipinski definition) is 9. The van der Waals surface area contributed by atoms with Gasteiger partial charge in [-0.05, 0) is 89.2 Å². The highest BCUT2D eigenvalue weighted by molar-refractivity contribution is 5.96. The zero-order valence-corrected chi connectivity index (χ0v) is 32.2. The number of nitrogens with zero attached hydrogens (tertiary/aromatic N) is 4. The Morgan fingerprint density at radius 3 is 2.36 bits per heavy atom. The third-order valence-corrected chi connectivity index (χ3v) is 9.98. The lowest BCUT2D eigenvalue weighted by molar-refractivity contribution is -0.192. The number of pyridine rings is 1. The molecule has 2 aliphatic rings. The van der Waals surface area contributed by atoms with Crippen LogP contribution in [-0.2, 0) is 38.6 Å². The number of benzene rings is 1. The van der Waals surface area contributed by atoms with Crippen LogP contribution in [0.5, 0.6) is 0 Å². The number of methoxy groups -OCH3 is 1. The van der Waals surface area contributed by atoms with Gasteiger partial charge in [0, 0.05) is 74.4 Å². The number of fused-ring (bicyclic) bond motifs is 1. The van der Waals surface area contributed by atoms with Crippen LogP contribution >= 0.6 is 0 Å². The second-order valence-electron chi connectivity index (χ2n) is 13.9. The molecule has 1 aromatic carbocycles. The van der Waals surface area contributed by atoms with E-state index < -0.39 is 12.1 Å². The first kappa shape index (κ1) is 43.4. The first-order valence-electron chi connectivity index (χ1n) is 19.4. The number of rotatable bonds is 18. The number of aryl methyl sites for hydroxylation is 2. The molecular formula is C39H56F3N7O6. The van der Waals surface area contributed by atoms with Gasteiger partial charge in [-0.15, -0.1) is 0 Å². The van der Waals surface area contributed by atoms with E-state index in [4.69, 9.17) is 24.4 Å². The van der Waals surface area contributed by atoms with Crippen LogP contribution < -0.4 is 16.0 Å². The topological polar surface area (TPSA) is 160 Å². The summed E-state index contributed by atoms with van der Waals surface area (Å²) in [6.07, 6.45) is 7.91. The van der Waals surface area contributed by atoms with Crippen molar-refractivity contribution in [1.29, 1.82) is 0 Å². The molecule has 0 unspecified atom stereocenters. The van der Waals surface area contributed by atoms with Gasteiger partial charge in [0.2, 0.25) is 5.91 Å². The van der Waals surface area contributed by atoms with Crippen molar-refractivity contribution in [3.63, 3.8) is 0 Å². The fourth-order valence-corrected chi connectivity index (χ4v) is 7.00. The van der Waals surface area contributed by atoms with E-state index >= 15 is 0 Å². The molecule has 0 saturated carbocycles. The number of unbranched alkanes of at least 4 members (excludes halogenated alkanes) is 4. The van der Waals surface area contributed by atoms with Gasteiger partial charge < -0.3 is 30.5 Å². The SMILES string of the molecule is CCc1nc2c(cnn2CC)c(NC2CCOCC2)c1CNC(=O)c1ccc(NC(=O)CCCCCCCN2CCC[C@H]2COC)cc1.O=C(O)C(F)(F)F. The average Bonchev–Trinajstić information content (AvgIpc) is 3.80. The number of carbonyl (C=O) groups excluding carboxylic acids is 2. The number of aromatic nitrogens is 3. The quantitative estimate of drug-likeness (QED) is 0.104. The lowest BCUT2D eigenvalue weighted by Gasteiger charge is -2.26. The van der Waals surface area contributed by atoms with Crippen molar-refractivity contribution >= 4 is 40.2 Å². The first-order chi connectivity index (χ1) is 26.4. The molecule has 2 amide bonds. The summed E-state index contributed by atoms with van der Waals surface area (Å²) in [5, 5.41) is 22.5. The molecule has 3 aromatic rings. The Morgan fingerprint density at radius 1 is 1.02 bits per heavy atom. The summed E-state index contributed by atoms with van der Waals surface area (Å²) < 4.78 is 44.6. The molecule has 16 heteroatoms. The predicted molar refractivity (Wildman–Crippen MR) is 204 cm³/mol. The second-order valence-corrected chi connectivity index (χ2v) is 13.9. The molecule has 5 rings (SSSR count). The fraction of sp³-hybridized carbons (Fsp3) is 0.615. The van der Waals surface area contributed by atoms with Gasteiger partial charge in [-0.3, -0.25) is 14.5 Å². The van der Waals surface area contributed by atoms with E-state index in [1.54, 1.807) is 31.4 Å². The number of nitrogens with one attached hydrogen (secondary N) is 3. The third kappa shape index (κ3) is 13.2. The maximum Gasteiger partial charge on any atom is 0.490 e. The zero-order chi connectivity index (χ0) is 39.8. The van der Waals surface area contributed by atoms with Crippen LogP contribution in [0, 0.1) is 0 Å². The Balaban J connectivity index is 0.000000876. The van der Waals surface area contributed by atoms with Crippen LogP contribution in [-0.4, -0.2) is 101 Å². The summed E-state index contributed by atoms with van der Waals surface area (Å²) in [5.41, 5.74) is 5.04. The van der Waals surface area contributed by atoms with Crippen LogP contribution in [0.3, 0.4) is 0 Å². The highest BCUT2D eigenvalue weighted by Gasteiger charge is 2.38. The number of amides is 2. The average molecular weight is 776 g/mol. The summed E-state index contributed by atoms with van der Waals surface area (Å²) in [7, 11) is 1.79. The minimum atomic E-state index is -5.08. The Morgan fingerprint density at radius 2 is 1.71 bits per heavy atom. The van der Waals surface area contributed by atoms with Crippen LogP contribution in [0.1, 0.15) is 99.7 Å². The highest BCUT2D eigenvalue weighted by Crippen LogP contribution is 2.31. The molecule has 0 bridgehead atoms. The molecular weight excluding hydrogens is 719 g/mol. The smallest absolute Gasteiger partial charge is 0.475 e. The number of likely N-dealkylation sites (tertiary alicyclic amines) is 1. The number of carboxylic acid groups (broad SMARTS) is 1. The van der Waals surface area contributed by atoms with Crippen LogP contribution in [0.2, 0.25) is 0 Å². The van der Waals surface area contributed by atoms with E-state index in [0.717, 1.165) is 99.4 Å². The molecule has 4 N–H and O–H groups in total. The van der Waals surface area contributed by atoms with Gasteiger partial charge in [0.15, 0.2) is 5.65 Å². The van der Waals surface area contributed by atoms with Crippen molar-refractivity contribution in [2.24, 2.45) is 0 Å². The zero-order valence-electron chi connectivity index (χ0n) is 32.2. The van der Waals surface area contributed by atoms with Crippen molar-refractivity contribution in [2.75, 3.05) is 50.7 Å². The van der Waals surface area contributed by atoms with Gasteiger partial charge in [0.1, 0.15) is 0 Å². The van der Waals surface area contributed by atoms with E-state index in [9.17, 15) is 22.8 Å². The fourth-order valence-electron chi connectivity index (χ4n) is 7.00. The van der Waals surface area contributed by atoms with Crippen LogP contribution in [0.25, 0.3) is 11.0 Å². The number of carboxylic acids is 1. The molecule has 2 aromatic heterocycles. The highest BCUT2D eigenvalue weighted by atomic mass is 19.4. The molecule has 4 heterocycles. The van der Waals surface area contributed by atoms with E-state index in [0.29, 0.717) is 30.3 Å². The predicted octanol–water partition coefficient (Wildman–Crippen LogP) is 6.56. The lowest BCUT2D eigenvalue weighted by Crippen LogP contribution is -2.33. The number of aliphatic carboxylic acids is 1. The van der Waals surface area contributed by atoms with E-state index in [1.165, 1.54) is 32.2 Å². The Labute approximate surface area is 320 Å². The van der Waals surface area contributed by atoms with Gasteiger partial charge >= 0.3 is 12.1 Å². The number of hydrogen-bond donors (Lipinski definition) is 4. The molecule has 2 fully saturated rings. The van der Waals surface area contributed by atoms with Crippen molar-refractivity contribution in [3.05, 3.63) is 47.3 Å². The normalized spacial score (nSPS) is 16.4. The molecule has 1 atom stereocenters. The van der Waals surface area contributed by atoms with Gasteiger partial charge in [0.05, 0.1) is 23.9 Å². The number of halogens is 3. The Hall–Kier alpha value is -4.28. The standard InChI is InChI=1S/C37H55N7O4.C2HF3O2/c1-4-33-31(35(41-29-18-22-48-23-19-29)32-25-39-44(5-2)36(32)42-33)24-38-37(46)27-14-16-28(17-15-27)40-34(45)13-9-7-6-8-10-20-43-21-11-12-30(43)26-47-3;3-2(4,5)1(6)7/h14-17,25,29-30H,4-13,18-24,26H2,1-3H3,(H,38,46)(H,40,45)(H,41,42);(H,6,7)/t30-;/m0./s1. The summed E-state index contributed by atoms with van der Waals surface area (Å²) in [4.78, 5) is 42.3. The van der Waals surface area contributed by atoms with Crippen molar-refractivity contribution in [1.82, 2.24) is 25.0 Å². The number of anilines is 2. The van der Waals surface area contributed by atoms with Gasteiger partial charge in [0.25, 0.3) is 5.91 Å². The van der Waals surface area contributed by atoms with Gasteiger partial charge in [-0.2, -0.15) is 18.3 Å². The first-order valence-corrected chi connectivity index (χ1v) is 19.4. The van der Waals surface area contributed by atoms with Crippen LogP contribution in [0.4, 0.5) is 24.5 Å². The molecule has 304 valence electrons. The van der Waals surface area contributed by atoms with Gasteiger partial charge in [-0.1, -0.05) is 26.2 Å². The van der Waals surface area contributed by atoms with E-state index in [1.807, 2.05) is 10.9 Å². The summed E-state index contributed by atoms with van der Waals surface area (Å²) >= 11 is 0. The van der Waals surface area contributed by atoms with Crippen LogP contribution in [0.15, 0.2) is 30.5 Å². The molecule has 2 aliphatic heterocycles. The van der Waals surface area contributed by atoms with Gasteiger partial charge in [-0.25, -0.2) is 14.5 Å². The summed E-state index contributed by atoms with van der Waals surface area (Å²) in [6, 6.07) is 7.99. The monoisotopic (exact) mass is 775 g/mol. The summed E-state index contributed by atoms with van der Waals surface area (Å²) in [6.45, 7) is 9.88. The maximum atomic E-state index is 13.3. The van der Waals surface area contributed by atoms with Crippen molar-refractivity contribution in [3.8, 4) is 0 Å². The summed E-state index contributed by atoms with van der Waals surface area (Å²) in [5.74, 6) is -2.92. The Bertz CT molecular complexity index is 1680. The van der Waals surface area contributed by atoms with E-state index in [-0.39, 0.29) is 17.9 Å². The number of alkyl halides is 3. The van der Waals surface area contributed by atoms with Crippen molar-refractivity contribution in [2.45, 2.75) is 116 Å². The molecule has 2 saturated heterocycles. The molecule has 13 nitrogen and oxygen atoms in total. The minimum absolute atomic E-state index is 0.0117.